The van der Waals surface area contributed by atoms with E-state index in [0.717, 1.165) is 17.7 Å². The summed E-state index contributed by atoms with van der Waals surface area (Å²) in [5.74, 6) is 5.66. The summed E-state index contributed by atoms with van der Waals surface area (Å²) in [6, 6.07) is 7.81. The van der Waals surface area contributed by atoms with Crippen LogP contribution in [-0.4, -0.2) is 29.4 Å². The second-order valence-corrected chi connectivity index (χ2v) is 6.98. The molecule has 122 valence electrons. The molecule has 1 aliphatic heterocycles. The van der Waals surface area contributed by atoms with Crippen molar-refractivity contribution in [3.05, 3.63) is 64.7 Å². The SMILES string of the molecule is CN1CC(C)(C)Cc2ncc(C#Cc3ccc(F)cc3)cc2C1=O. The number of carbonyl (C=O) groups excluding carboxylic acids is 1. The van der Waals surface area contributed by atoms with Gasteiger partial charge in [-0.3, -0.25) is 9.78 Å². The molecule has 3 nitrogen and oxygen atoms in total. The van der Waals surface area contributed by atoms with Crippen LogP contribution in [0.4, 0.5) is 4.39 Å². The van der Waals surface area contributed by atoms with Crippen molar-refractivity contribution < 1.29 is 9.18 Å². The van der Waals surface area contributed by atoms with Gasteiger partial charge >= 0.3 is 0 Å². The Labute approximate surface area is 141 Å². The van der Waals surface area contributed by atoms with Crippen LogP contribution in [0.5, 0.6) is 0 Å². The van der Waals surface area contributed by atoms with Crippen LogP contribution in [0.2, 0.25) is 0 Å². The number of hydrogen-bond acceptors (Lipinski definition) is 2. The summed E-state index contributed by atoms with van der Waals surface area (Å²) < 4.78 is 12.9. The predicted octanol–water partition coefficient (Wildman–Crippen LogP) is 3.27. The minimum absolute atomic E-state index is 0.00995. The third kappa shape index (κ3) is 3.46. The van der Waals surface area contributed by atoms with E-state index >= 15 is 0 Å². The summed E-state index contributed by atoms with van der Waals surface area (Å²) in [7, 11) is 1.82. The Balaban J connectivity index is 1.95. The number of fused-ring (bicyclic) bond motifs is 1. The van der Waals surface area contributed by atoms with Crippen LogP contribution in [0.3, 0.4) is 0 Å². The van der Waals surface area contributed by atoms with Crippen molar-refractivity contribution in [2.24, 2.45) is 5.41 Å². The molecule has 0 saturated carbocycles. The third-order valence-corrected chi connectivity index (χ3v) is 4.05. The van der Waals surface area contributed by atoms with E-state index < -0.39 is 0 Å². The van der Waals surface area contributed by atoms with E-state index in [4.69, 9.17) is 0 Å². The summed E-state index contributed by atoms with van der Waals surface area (Å²) in [4.78, 5) is 18.8. The molecular weight excluding hydrogens is 303 g/mol. The Bertz CT molecular complexity index is 844. The van der Waals surface area contributed by atoms with Crippen LogP contribution in [-0.2, 0) is 6.42 Å². The second-order valence-electron chi connectivity index (χ2n) is 6.98. The summed E-state index contributed by atoms with van der Waals surface area (Å²) in [6.45, 7) is 4.96. The molecule has 2 aromatic rings. The predicted molar refractivity (Wildman–Crippen MR) is 91.1 cm³/mol. The number of halogens is 1. The number of aromatic nitrogens is 1. The van der Waals surface area contributed by atoms with E-state index in [0.29, 0.717) is 17.7 Å². The van der Waals surface area contributed by atoms with Crippen molar-refractivity contribution in [3.63, 3.8) is 0 Å². The molecule has 0 bridgehead atoms. The number of amides is 1. The summed E-state index contributed by atoms with van der Waals surface area (Å²) >= 11 is 0. The van der Waals surface area contributed by atoms with Crippen LogP contribution >= 0.6 is 0 Å². The van der Waals surface area contributed by atoms with Gasteiger partial charge in [-0.25, -0.2) is 4.39 Å². The van der Waals surface area contributed by atoms with Crippen molar-refractivity contribution in [3.8, 4) is 11.8 Å². The molecule has 0 N–H and O–H groups in total. The maximum atomic E-state index is 12.9. The van der Waals surface area contributed by atoms with Gasteiger partial charge in [0.2, 0.25) is 0 Å². The number of benzene rings is 1. The topological polar surface area (TPSA) is 33.2 Å². The highest BCUT2D eigenvalue weighted by Crippen LogP contribution is 2.28. The van der Waals surface area contributed by atoms with Gasteiger partial charge in [0.05, 0.1) is 11.3 Å². The highest BCUT2D eigenvalue weighted by molar-refractivity contribution is 5.96. The Hall–Kier alpha value is -2.67. The van der Waals surface area contributed by atoms with Gasteiger partial charge in [-0.05, 0) is 42.2 Å². The maximum absolute atomic E-state index is 12.9. The number of carbonyl (C=O) groups is 1. The largest absolute Gasteiger partial charge is 0.341 e. The Morgan fingerprint density at radius 2 is 1.83 bits per heavy atom. The average Bonchev–Trinajstić information content (AvgIpc) is 2.61. The van der Waals surface area contributed by atoms with Crippen molar-refractivity contribution in [1.29, 1.82) is 0 Å². The van der Waals surface area contributed by atoms with Gasteiger partial charge in [0.15, 0.2) is 0 Å². The first-order chi connectivity index (χ1) is 11.3. The Morgan fingerprint density at radius 1 is 1.17 bits per heavy atom. The number of rotatable bonds is 0. The summed E-state index contributed by atoms with van der Waals surface area (Å²) in [6.07, 6.45) is 2.45. The molecule has 0 atom stereocenters. The molecule has 24 heavy (non-hydrogen) atoms. The van der Waals surface area contributed by atoms with Crippen molar-refractivity contribution in [2.75, 3.05) is 13.6 Å². The molecule has 1 aromatic heterocycles. The Kier molecular flexibility index (Phi) is 4.11. The first kappa shape index (κ1) is 16.2. The van der Waals surface area contributed by atoms with Gasteiger partial charge < -0.3 is 4.90 Å². The van der Waals surface area contributed by atoms with E-state index in [9.17, 15) is 9.18 Å². The monoisotopic (exact) mass is 322 g/mol. The highest BCUT2D eigenvalue weighted by atomic mass is 19.1. The summed E-state index contributed by atoms with van der Waals surface area (Å²) in [5, 5.41) is 0. The first-order valence-corrected chi connectivity index (χ1v) is 7.86. The van der Waals surface area contributed by atoms with Crippen molar-refractivity contribution in [2.45, 2.75) is 20.3 Å². The molecule has 1 amide bonds. The number of nitrogens with zero attached hydrogens (tertiary/aromatic N) is 2. The zero-order valence-electron chi connectivity index (χ0n) is 14.1. The van der Waals surface area contributed by atoms with E-state index in [1.54, 1.807) is 29.3 Å². The molecular formula is C20H19FN2O. The van der Waals surface area contributed by atoms with Gasteiger partial charge in [0, 0.05) is 30.9 Å². The van der Waals surface area contributed by atoms with Crippen molar-refractivity contribution >= 4 is 5.91 Å². The Morgan fingerprint density at radius 3 is 2.54 bits per heavy atom. The van der Waals surface area contributed by atoms with Crippen LogP contribution in [0, 0.1) is 23.1 Å². The fourth-order valence-electron chi connectivity index (χ4n) is 2.99. The molecule has 0 fully saturated rings. The second kappa shape index (κ2) is 6.09. The molecule has 0 unspecified atom stereocenters. The lowest BCUT2D eigenvalue weighted by molar-refractivity contribution is 0.0754. The van der Waals surface area contributed by atoms with Crippen molar-refractivity contribution in [1.82, 2.24) is 9.88 Å². The minimum atomic E-state index is -0.288. The van der Waals surface area contributed by atoms with Gasteiger partial charge in [-0.1, -0.05) is 25.7 Å². The average molecular weight is 322 g/mol. The molecule has 4 heteroatoms. The minimum Gasteiger partial charge on any atom is -0.341 e. The summed E-state index contributed by atoms with van der Waals surface area (Å²) in [5.41, 5.74) is 2.83. The number of pyridine rings is 1. The molecule has 1 aliphatic rings. The number of hydrogen-bond donors (Lipinski definition) is 0. The fraction of sp³-hybridized carbons (Fsp3) is 0.300. The van der Waals surface area contributed by atoms with E-state index in [2.05, 4.69) is 30.7 Å². The van der Waals surface area contributed by atoms with Gasteiger partial charge in [0.25, 0.3) is 5.91 Å². The standard InChI is InChI=1S/C20H19FN2O/c1-20(2)11-18-17(19(24)23(3)13-20)10-15(12-22-18)5-4-14-6-8-16(21)9-7-14/h6-10,12H,11,13H2,1-3H3. The fourth-order valence-corrected chi connectivity index (χ4v) is 2.99. The normalized spacial score (nSPS) is 16.0. The van der Waals surface area contributed by atoms with Crippen LogP contribution in [0.1, 0.15) is 41.0 Å². The quantitative estimate of drug-likeness (QED) is 0.698. The van der Waals surface area contributed by atoms with Gasteiger partial charge in [-0.15, -0.1) is 0 Å². The van der Waals surface area contributed by atoms with Crippen LogP contribution in [0.25, 0.3) is 0 Å². The smallest absolute Gasteiger partial charge is 0.255 e. The highest BCUT2D eigenvalue weighted by Gasteiger charge is 2.31. The molecule has 3 rings (SSSR count). The molecule has 0 spiro atoms. The molecule has 0 radical (unpaired) electrons. The molecule has 2 heterocycles. The van der Waals surface area contributed by atoms with Gasteiger partial charge in [-0.2, -0.15) is 0 Å². The van der Waals surface area contributed by atoms with Crippen LogP contribution in [0.15, 0.2) is 36.5 Å². The van der Waals surface area contributed by atoms with Crippen LogP contribution < -0.4 is 0 Å². The maximum Gasteiger partial charge on any atom is 0.255 e. The molecule has 1 aromatic carbocycles. The van der Waals surface area contributed by atoms with E-state index in [-0.39, 0.29) is 17.1 Å². The third-order valence-electron chi connectivity index (χ3n) is 4.05. The molecule has 0 saturated heterocycles. The van der Waals surface area contributed by atoms with Gasteiger partial charge in [0.1, 0.15) is 5.82 Å². The zero-order valence-corrected chi connectivity index (χ0v) is 14.1. The lowest BCUT2D eigenvalue weighted by atomic mass is 9.87. The van der Waals surface area contributed by atoms with E-state index in [1.807, 2.05) is 7.05 Å². The zero-order chi connectivity index (χ0) is 17.3. The lowest BCUT2D eigenvalue weighted by Crippen LogP contribution is -2.33. The van der Waals surface area contributed by atoms with E-state index in [1.165, 1.54) is 12.1 Å². The molecule has 0 aliphatic carbocycles. The lowest BCUT2D eigenvalue weighted by Gasteiger charge is -2.26. The first-order valence-electron chi connectivity index (χ1n) is 7.86.